The standard InChI is InChI=1S/C14H22BNO3S/c1-6-20(16,17)12-9-7-11(8-10-12)15-18-13(2,3)14(4,5)19-15/h7-10,16H,6H2,1-5H3. The second kappa shape index (κ2) is 4.86. The van der Waals surface area contributed by atoms with E-state index in [2.05, 4.69) is 0 Å². The van der Waals surface area contributed by atoms with Crippen LogP contribution in [0.2, 0.25) is 0 Å². The van der Waals surface area contributed by atoms with E-state index >= 15 is 0 Å². The lowest BCUT2D eigenvalue weighted by Gasteiger charge is -2.32. The summed E-state index contributed by atoms with van der Waals surface area (Å²) in [5.41, 5.74) is 0.143. The highest BCUT2D eigenvalue weighted by molar-refractivity contribution is 7.92. The van der Waals surface area contributed by atoms with Crippen LogP contribution in [-0.2, 0) is 19.0 Å². The van der Waals surface area contributed by atoms with E-state index in [-0.39, 0.29) is 11.2 Å². The molecule has 1 atom stereocenters. The van der Waals surface area contributed by atoms with Crippen molar-refractivity contribution in [3.63, 3.8) is 0 Å². The van der Waals surface area contributed by atoms with Gasteiger partial charge in [-0.3, -0.25) is 0 Å². The molecule has 110 valence electrons. The number of rotatable bonds is 3. The maximum atomic E-state index is 12.0. The Morgan fingerprint density at radius 3 is 1.95 bits per heavy atom. The highest BCUT2D eigenvalue weighted by Crippen LogP contribution is 2.36. The van der Waals surface area contributed by atoms with Crippen molar-refractivity contribution in [3.8, 4) is 0 Å². The summed E-state index contributed by atoms with van der Waals surface area (Å²) in [6.07, 6.45) is 0. The van der Waals surface area contributed by atoms with Gasteiger partial charge in [0.2, 0.25) is 0 Å². The Bertz CT molecular complexity index is 577. The number of benzene rings is 1. The quantitative estimate of drug-likeness (QED) is 0.871. The largest absolute Gasteiger partial charge is 0.494 e. The summed E-state index contributed by atoms with van der Waals surface area (Å²) in [6, 6.07) is 7.14. The maximum absolute atomic E-state index is 12.0. The van der Waals surface area contributed by atoms with Gasteiger partial charge in [0.1, 0.15) is 0 Å². The first-order valence-electron chi connectivity index (χ1n) is 6.81. The van der Waals surface area contributed by atoms with Gasteiger partial charge in [-0.2, -0.15) is 0 Å². The van der Waals surface area contributed by atoms with Gasteiger partial charge >= 0.3 is 7.12 Å². The molecule has 1 saturated heterocycles. The normalized spacial score (nSPS) is 23.6. The molecule has 6 heteroatoms. The molecule has 1 N–H and O–H groups in total. The molecule has 2 rings (SSSR count). The molecule has 0 aliphatic carbocycles. The monoisotopic (exact) mass is 295 g/mol. The summed E-state index contributed by atoms with van der Waals surface area (Å²) in [6.45, 7) is 9.80. The molecule has 0 spiro atoms. The molecule has 1 heterocycles. The lowest BCUT2D eigenvalue weighted by molar-refractivity contribution is 0.00578. The van der Waals surface area contributed by atoms with Gasteiger partial charge in [-0.25, -0.2) is 8.99 Å². The Hall–Kier alpha value is -0.845. The summed E-state index contributed by atoms with van der Waals surface area (Å²) >= 11 is 0. The summed E-state index contributed by atoms with van der Waals surface area (Å²) in [7, 11) is -3.08. The van der Waals surface area contributed by atoms with Crippen LogP contribution in [0.5, 0.6) is 0 Å². The van der Waals surface area contributed by atoms with Crippen LogP contribution in [0.4, 0.5) is 0 Å². The molecule has 4 nitrogen and oxygen atoms in total. The molecule has 0 saturated carbocycles. The molecule has 0 bridgehead atoms. The van der Waals surface area contributed by atoms with E-state index in [1.54, 1.807) is 19.1 Å². The lowest BCUT2D eigenvalue weighted by atomic mass is 9.79. The average Bonchev–Trinajstić information content (AvgIpc) is 2.59. The lowest BCUT2D eigenvalue weighted by Crippen LogP contribution is -2.41. The number of hydrogen-bond acceptors (Lipinski definition) is 4. The average molecular weight is 295 g/mol. The molecule has 0 aromatic heterocycles. The minimum absolute atomic E-state index is 0.322. The second-order valence-corrected chi connectivity index (χ2v) is 8.52. The Kier molecular flexibility index (Phi) is 3.78. The van der Waals surface area contributed by atoms with Gasteiger partial charge in [0.15, 0.2) is 0 Å². The molecule has 1 aromatic rings. The molecule has 1 fully saturated rings. The smallest absolute Gasteiger partial charge is 0.399 e. The van der Waals surface area contributed by atoms with Crippen molar-refractivity contribution in [1.29, 1.82) is 4.78 Å². The van der Waals surface area contributed by atoms with Crippen molar-refractivity contribution in [2.75, 3.05) is 5.75 Å². The Morgan fingerprint density at radius 2 is 1.55 bits per heavy atom. The van der Waals surface area contributed by atoms with Gasteiger partial charge in [0, 0.05) is 10.6 Å². The van der Waals surface area contributed by atoms with Gasteiger partial charge in [-0.1, -0.05) is 19.1 Å². The van der Waals surface area contributed by atoms with Crippen LogP contribution in [0.1, 0.15) is 34.6 Å². The van der Waals surface area contributed by atoms with Crippen molar-refractivity contribution in [1.82, 2.24) is 0 Å². The highest BCUT2D eigenvalue weighted by atomic mass is 32.2. The van der Waals surface area contributed by atoms with E-state index in [9.17, 15) is 4.21 Å². The fraction of sp³-hybridized carbons (Fsp3) is 0.571. The van der Waals surface area contributed by atoms with Crippen molar-refractivity contribution < 1.29 is 13.5 Å². The topological polar surface area (TPSA) is 59.4 Å². The van der Waals surface area contributed by atoms with Gasteiger partial charge < -0.3 is 9.31 Å². The van der Waals surface area contributed by atoms with E-state index in [1.807, 2.05) is 39.8 Å². The minimum Gasteiger partial charge on any atom is -0.399 e. The van der Waals surface area contributed by atoms with Crippen molar-refractivity contribution in [2.45, 2.75) is 50.7 Å². The van der Waals surface area contributed by atoms with Crippen molar-refractivity contribution >= 4 is 22.3 Å². The van der Waals surface area contributed by atoms with Crippen molar-refractivity contribution in [2.24, 2.45) is 0 Å². The molecule has 1 aliphatic rings. The van der Waals surface area contributed by atoms with Gasteiger partial charge in [0.25, 0.3) is 0 Å². The van der Waals surface area contributed by atoms with Crippen LogP contribution in [0.15, 0.2) is 29.2 Å². The number of nitrogens with one attached hydrogen (secondary N) is 1. The van der Waals surface area contributed by atoms with Crippen LogP contribution in [0.3, 0.4) is 0 Å². The third-order valence-electron chi connectivity index (χ3n) is 4.19. The second-order valence-electron chi connectivity index (χ2n) is 6.12. The zero-order chi connectivity index (χ0) is 15.2. The molecule has 1 aromatic carbocycles. The van der Waals surface area contributed by atoms with Crippen LogP contribution in [0, 0.1) is 4.78 Å². The van der Waals surface area contributed by atoms with E-state index in [0.29, 0.717) is 10.6 Å². The van der Waals surface area contributed by atoms with Crippen LogP contribution >= 0.6 is 0 Å². The Labute approximate surface area is 122 Å². The maximum Gasteiger partial charge on any atom is 0.494 e. The molecular formula is C14H22BNO3S. The molecule has 20 heavy (non-hydrogen) atoms. The first-order valence-corrected chi connectivity index (χ1v) is 8.54. The first-order chi connectivity index (χ1) is 9.09. The minimum atomic E-state index is -2.67. The molecular weight excluding hydrogens is 273 g/mol. The molecule has 0 radical (unpaired) electrons. The predicted octanol–water partition coefficient (Wildman–Crippen LogP) is 2.41. The Morgan fingerprint density at radius 1 is 1.10 bits per heavy atom. The third kappa shape index (κ3) is 2.64. The number of hydrogen-bond donors (Lipinski definition) is 1. The summed E-state index contributed by atoms with van der Waals surface area (Å²) in [5.74, 6) is 0.322. The Balaban J connectivity index is 2.25. The highest BCUT2D eigenvalue weighted by Gasteiger charge is 2.51. The van der Waals surface area contributed by atoms with E-state index < -0.39 is 16.8 Å². The summed E-state index contributed by atoms with van der Waals surface area (Å²) in [4.78, 5) is 0.556. The van der Waals surface area contributed by atoms with Crippen LogP contribution in [0.25, 0.3) is 0 Å². The van der Waals surface area contributed by atoms with E-state index in [4.69, 9.17) is 14.1 Å². The fourth-order valence-corrected chi connectivity index (χ4v) is 2.90. The molecule has 1 aliphatic heterocycles. The summed E-state index contributed by atoms with van der Waals surface area (Å²) in [5, 5.41) is 0. The van der Waals surface area contributed by atoms with Gasteiger partial charge in [0.05, 0.1) is 20.9 Å². The third-order valence-corrected chi connectivity index (χ3v) is 6.04. The fourth-order valence-electron chi connectivity index (χ4n) is 1.99. The zero-order valence-corrected chi connectivity index (χ0v) is 13.5. The molecule has 1 unspecified atom stereocenters. The van der Waals surface area contributed by atoms with Crippen molar-refractivity contribution in [3.05, 3.63) is 24.3 Å². The SMILES string of the molecule is CCS(=N)(=O)c1ccc(B2OC(C)(C)C(C)(C)O2)cc1. The predicted molar refractivity (Wildman–Crippen MR) is 81.8 cm³/mol. The first kappa shape index (κ1) is 15.5. The van der Waals surface area contributed by atoms with Crippen LogP contribution < -0.4 is 5.46 Å². The van der Waals surface area contributed by atoms with Gasteiger partial charge in [-0.15, -0.1) is 0 Å². The molecule has 0 amide bonds. The van der Waals surface area contributed by atoms with Gasteiger partial charge in [-0.05, 0) is 45.3 Å². The van der Waals surface area contributed by atoms with E-state index in [0.717, 1.165) is 5.46 Å². The zero-order valence-electron chi connectivity index (χ0n) is 12.7. The van der Waals surface area contributed by atoms with Crippen LogP contribution in [-0.4, -0.2) is 28.3 Å². The summed E-state index contributed by atoms with van der Waals surface area (Å²) < 4.78 is 31.7. The van der Waals surface area contributed by atoms with E-state index in [1.165, 1.54) is 0 Å².